The summed E-state index contributed by atoms with van der Waals surface area (Å²) in [5.74, 6) is 1.82. The molecule has 0 radical (unpaired) electrons. The monoisotopic (exact) mass is 651 g/mol. The molecule has 0 atom stereocenters. The largest absolute Gasteiger partial charge is 0.456 e. The molecule has 0 saturated heterocycles. The van der Waals surface area contributed by atoms with E-state index in [-0.39, 0.29) is 0 Å². The van der Waals surface area contributed by atoms with Crippen LogP contribution in [0.4, 0.5) is 0 Å². The molecule has 4 nitrogen and oxygen atoms in total. The van der Waals surface area contributed by atoms with Gasteiger partial charge in [-0.25, -0.2) is 15.0 Å². The average Bonchev–Trinajstić information content (AvgIpc) is 3.60. The summed E-state index contributed by atoms with van der Waals surface area (Å²) >= 11 is 0. The Balaban J connectivity index is 1.24. The highest BCUT2D eigenvalue weighted by Crippen LogP contribution is 2.44. The van der Waals surface area contributed by atoms with E-state index in [9.17, 15) is 0 Å². The highest BCUT2D eigenvalue weighted by molar-refractivity contribution is 6.22. The van der Waals surface area contributed by atoms with Gasteiger partial charge in [0.15, 0.2) is 17.5 Å². The molecule has 0 amide bonds. The second-order valence-corrected chi connectivity index (χ2v) is 12.8. The van der Waals surface area contributed by atoms with E-state index in [1.807, 2.05) is 48.5 Å². The third-order valence-corrected chi connectivity index (χ3v) is 9.72. The molecule has 0 aliphatic rings. The Morgan fingerprint density at radius 2 is 0.843 bits per heavy atom. The van der Waals surface area contributed by atoms with Gasteiger partial charge in [0, 0.05) is 27.5 Å². The van der Waals surface area contributed by atoms with Crippen LogP contribution in [-0.2, 0) is 0 Å². The Morgan fingerprint density at radius 3 is 1.61 bits per heavy atom. The quantitative estimate of drug-likeness (QED) is 0.174. The normalized spacial score (nSPS) is 11.5. The fraction of sp³-hybridized carbons (Fsp3) is 0. The van der Waals surface area contributed by atoms with Crippen LogP contribution in [0.1, 0.15) is 0 Å². The predicted molar refractivity (Wildman–Crippen MR) is 209 cm³/mol. The first-order valence-corrected chi connectivity index (χ1v) is 17.1. The lowest BCUT2D eigenvalue weighted by atomic mass is 9.90. The first-order chi connectivity index (χ1) is 25.3. The van der Waals surface area contributed by atoms with E-state index in [4.69, 9.17) is 19.4 Å². The summed E-state index contributed by atoms with van der Waals surface area (Å²) in [6, 6.07) is 61.0. The number of rotatable bonds is 5. The number of benzene rings is 8. The molecule has 2 heterocycles. The Morgan fingerprint density at radius 1 is 0.314 bits per heavy atom. The highest BCUT2D eigenvalue weighted by atomic mass is 16.3. The van der Waals surface area contributed by atoms with Crippen LogP contribution in [0, 0.1) is 0 Å². The SMILES string of the molecule is c1ccc(-c2cccc(-c3nc(-c4ccccc4)nc(-c4cccc5oc6cccc(-c7cc8ccccc8c8ccccc78)c6c45)n3)c2)cc1. The van der Waals surface area contributed by atoms with Crippen molar-refractivity contribution < 1.29 is 4.42 Å². The van der Waals surface area contributed by atoms with Gasteiger partial charge in [-0.2, -0.15) is 0 Å². The van der Waals surface area contributed by atoms with Gasteiger partial charge in [-0.15, -0.1) is 0 Å². The highest BCUT2D eigenvalue weighted by Gasteiger charge is 2.21. The summed E-state index contributed by atoms with van der Waals surface area (Å²) in [7, 11) is 0. The summed E-state index contributed by atoms with van der Waals surface area (Å²) in [4.78, 5) is 15.4. The number of hydrogen-bond acceptors (Lipinski definition) is 4. The van der Waals surface area contributed by atoms with Crippen molar-refractivity contribution >= 4 is 43.5 Å². The fourth-order valence-corrected chi connectivity index (χ4v) is 7.36. The molecule has 0 saturated carbocycles. The summed E-state index contributed by atoms with van der Waals surface area (Å²) in [6.45, 7) is 0. The molecule has 0 bridgehead atoms. The molecule has 2 aromatic heterocycles. The lowest BCUT2D eigenvalue weighted by Crippen LogP contribution is -2.00. The lowest BCUT2D eigenvalue weighted by Gasteiger charge is -2.13. The molecule has 8 aromatic carbocycles. The molecular weight excluding hydrogens is 623 g/mol. The molecule has 10 aromatic rings. The maximum Gasteiger partial charge on any atom is 0.164 e. The minimum atomic E-state index is 0.593. The van der Waals surface area contributed by atoms with Gasteiger partial charge in [0.1, 0.15) is 11.2 Å². The second kappa shape index (κ2) is 11.9. The van der Waals surface area contributed by atoms with Crippen LogP contribution in [0.5, 0.6) is 0 Å². The number of fused-ring (bicyclic) bond motifs is 6. The third kappa shape index (κ3) is 4.96. The molecule has 4 heteroatoms. The minimum absolute atomic E-state index is 0.593. The van der Waals surface area contributed by atoms with Gasteiger partial charge in [0.2, 0.25) is 0 Å². The summed E-state index contributed by atoms with van der Waals surface area (Å²) in [6.07, 6.45) is 0. The Labute approximate surface area is 294 Å². The molecular formula is C47H29N3O. The Kier molecular flexibility index (Phi) is 6.78. The second-order valence-electron chi connectivity index (χ2n) is 12.8. The van der Waals surface area contributed by atoms with E-state index >= 15 is 0 Å². The van der Waals surface area contributed by atoms with E-state index in [0.717, 1.165) is 60.9 Å². The average molecular weight is 652 g/mol. The molecule has 0 spiro atoms. The molecule has 238 valence electrons. The van der Waals surface area contributed by atoms with Crippen LogP contribution in [-0.4, -0.2) is 15.0 Å². The summed E-state index contributed by atoms with van der Waals surface area (Å²) in [5.41, 5.74) is 8.85. The number of nitrogens with zero attached hydrogens (tertiary/aromatic N) is 3. The molecule has 10 rings (SSSR count). The number of furan rings is 1. The zero-order chi connectivity index (χ0) is 33.7. The van der Waals surface area contributed by atoms with Crippen molar-refractivity contribution in [1.82, 2.24) is 15.0 Å². The van der Waals surface area contributed by atoms with Crippen molar-refractivity contribution in [2.24, 2.45) is 0 Å². The van der Waals surface area contributed by atoms with E-state index in [1.165, 1.54) is 21.5 Å². The summed E-state index contributed by atoms with van der Waals surface area (Å²) < 4.78 is 6.60. The van der Waals surface area contributed by atoms with Crippen LogP contribution >= 0.6 is 0 Å². The fourth-order valence-electron chi connectivity index (χ4n) is 7.36. The van der Waals surface area contributed by atoms with Crippen molar-refractivity contribution in [1.29, 1.82) is 0 Å². The zero-order valence-corrected chi connectivity index (χ0v) is 27.5. The molecule has 51 heavy (non-hydrogen) atoms. The van der Waals surface area contributed by atoms with E-state index in [0.29, 0.717) is 17.5 Å². The molecule has 0 fully saturated rings. The van der Waals surface area contributed by atoms with Gasteiger partial charge >= 0.3 is 0 Å². The van der Waals surface area contributed by atoms with Gasteiger partial charge in [0.25, 0.3) is 0 Å². The topological polar surface area (TPSA) is 51.8 Å². The van der Waals surface area contributed by atoms with Crippen molar-refractivity contribution in [3.05, 3.63) is 176 Å². The van der Waals surface area contributed by atoms with Gasteiger partial charge in [-0.1, -0.05) is 152 Å². The van der Waals surface area contributed by atoms with Crippen LogP contribution in [0.15, 0.2) is 180 Å². The smallest absolute Gasteiger partial charge is 0.164 e. The van der Waals surface area contributed by atoms with Crippen LogP contribution in [0.25, 0.3) is 99.9 Å². The van der Waals surface area contributed by atoms with Crippen molar-refractivity contribution in [2.75, 3.05) is 0 Å². The van der Waals surface area contributed by atoms with Crippen molar-refractivity contribution in [3.8, 4) is 56.4 Å². The van der Waals surface area contributed by atoms with Gasteiger partial charge in [-0.3, -0.25) is 0 Å². The number of hydrogen-bond donors (Lipinski definition) is 0. The molecule has 0 aliphatic carbocycles. The first kappa shape index (κ1) is 29.0. The summed E-state index contributed by atoms with van der Waals surface area (Å²) in [5, 5.41) is 6.88. The maximum absolute atomic E-state index is 6.60. The maximum atomic E-state index is 6.60. The zero-order valence-electron chi connectivity index (χ0n) is 27.5. The molecule has 0 unspecified atom stereocenters. The Bertz CT molecular complexity index is 2910. The third-order valence-electron chi connectivity index (χ3n) is 9.72. The van der Waals surface area contributed by atoms with Crippen LogP contribution in [0.2, 0.25) is 0 Å². The van der Waals surface area contributed by atoms with Crippen molar-refractivity contribution in [2.45, 2.75) is 0 Å². The van der Waals surface area contributed by atoms with Gasteiger partial charge in [-0.05, 0) is 68.1 Å². The van der Waals surface area contributed by atoms with Crippen LogP contribution < -0.4 is 0 Å². The van der Waals surface area contributed by atoms with Crippen LogP contribution in [0.3, 0.4) is 0 Å². The van der Waals surface area contributed by atoms with E-state index in [2.05, 4.69) is 127 Å². The van der Waals surface area contributed by atoms with Gasteiger partial charge < -0.3 is 4.42 Å². The number of aromatic nitrogens is 3. The predicted octanol–water partition coefficient (Wildman–Crippen LogP) is 12.4. The minimum Gasteiger partial charge on any atom is -0.456 e. The Hall–Kier alpha value is -6.91. The van der Waals surface area contributed by atoms with E-state index in [1.54, 1.807) is 0 Å². The van der Waals surface area contributed by atoms with Crippen molar-refractivity contribution in [3.63, 3.8) is 0 Å². The standard InChI is InChI=1S/C47H29N3O/c1-3-14-30(15-4-1)32-19-11-20-34(28-32)46-48-45(31-16-5-2-6-17-31)49-47(50-46)39-25-13-27-42-44(39)43-38(24-12-26-41(43)51-42)40-29-33-18-7-8-21-35(33)36-22-9-10-23-37(36)40/h1-29H. The van der Waals surface area contributed by atoms with Gasteiger partial charge in [0.05, 0.1) is 0 Å². The molecule has 0 aliphatic heterocycles. The van der Waals surface area contributed by atoms with E-state index < -0.39 is 0 Å². The first-order valence-electron chi connectivity index (χ1n) is 17.1. The molecule has 0 N–H and O–H groups in total. The lowest BCUT2D eigenvalue weighted by molar-refractivity contribution is 0.669.